The van der Waals surface area contributed by atoms with E-state index < -0.39 is 35.6 Å². The number of amides is 3. The molecule has 0 aromatic heterocycles. The summed E-state index contributed by atoms with van der Waals surface area (Å²) in [7, 11) is 0. The number of para-hydroxylation sites is 2. The van der Waals surface area contributed by atoms with Gasteiger partial charge in [-0.15, -0.1) is 0 Å². The Morgan fingerprint density at radius 1 is 1.05 bits per heavy atom. The van der Waals surface area contributed by atoms with Crippen LogP contribution in [0.25, 0.3) is 0 Å². The fourth-order valence-corrected chi connectivity index (χ4v) is 4.41. The molecule has 3 amide bonds. The minimum atomic E-state index is -1.20. The number of aryl methyl sites for hydroxylation is 2. The van der Waals surface area contributed by atoms with Gasteiger partial charge in [-0.2, -0.15) is 0 Å². The molecule has 8 nitrogen and oxygen atoms in total. The molecular weight excluding hydrogens is 506 g/mol. The molecule has 0 bridgehead atoms. The summed E-state index contributed by atoms with van der Waals surface area (Å²) in [5.41, 5.74) is 1.25. The van der Waals surface area contributed by atoms with Crippen molar-refractivity contribution in [3.05, 3.63) is 58.1 Å². The smallest absolute Gasteiger partial charge is 0.408 e. The van der Waals surface area contributed by atoms with Crippen molar-refractivity contribution in [3.8, 4) is 5.75 Å². The van der Waals surface area contributed by atoms with Crippen LogP contribution < -0.4 is 10.6 Å². The summed E-state index contributed by atoms with van der Waals surface area (Å²) in [6, 6.07) is 8.15. The predicted molar refractivity (Wildman–Crippen MR) is 150 cm³/mol. The highest BCUT2D eigenvalue weighted by Gasteiger charge is 2.37. The number of anilines is 1. The van der Waals surface area contributed by atoms with E-state index in [0.29, 0.717) is 22.7 Å². The Balaban J connectivity index is 2.56. The maximum absolute atomic E-state index is 14.0. The minimum Gasteiger partial charge on any atom is -0.507 e. The van der Waals surface area contributed by atoms with Gasteiger partial charge in [-0.25, -0.2) is 4.79 Å². The number of rotatable bonds is 9. The molecular formula is C29H40ClN3O5. The number of phenolic OH excluding ortho intramolecular Hbond substituents is 1. The maximum Gasteiger partial charge on any atom is 0.408 e. The number of hydrogen-bond donors (Lipinski definition) is 3. The summed E-state index contributed by atoms with van der Waals surface area (Å²) in [5.74, 6) is -1.04. The summed E-state index contributed by atoms with van der Waals surface area (Å²) in [6.07, 6.45) is -0.398. The number of carbonyl (C=O) groups is 3. The number of halogens is 1. The summed E-state index contributed by atoms with van der Waals surface area (Å²) in [6.45, 7) is 14.5. The van der Waals surface area contributed by atoms with Crippen LogP contribution >= 0.6 is 11.6 Å². The molecule has 0 fully saturated rings. The van der Waals surface area contributed by atoms with Gasteiger partial charge >= 0.3 is 6.09 Å². The first-order valence-electron chi connectivity index (χ1n) is 12.8. The number of alkyl carbamates (subject to hydrolysis) is 1. The van der Waals surface area contributed by atoms with Crippen molar-refractivity contribution >= 4 is 35.2 Å². The van der Waals surface area contributed by atoms with E-state index in [0.717, 1.165) is 5.56 Å². The number of aromatic hydroxyl groups is 1. The molecule has 2 aromatic rings. The first-order valence-corrected chi connectivity index (χ1v) is 13.2. The van der Waals surface area contributed by atoms with Crippen molar-refractivity contribution in [2.45, 2.75) is 79.5 Å². The molecule has 0 saturated carbocycles. The second kappa shape index (κ2) is 13.0. The van der Waals surface area contributed by atoms with Crippen LogP contribution in [0.2, 0.25) is 5.02 Å². The van der Waals surface area contributed by atoms with Crippen LogP contribution in [-0.4, -0.2) is 46.1 Å². The first-order chi connectivity index (χ1) is 17.7. The summed E-state index contributed by atoms with van der Waals surface area (Å²) >= 11 is 6.37. The molecule has 0 heterocycles. The van der Waals surface area contributed by atoms with Gasteiger partial charge in [0.1, 0.15) is 23.4 Å². The Labute approximate surface area is 230 Å². The average molecular weight is 546 g/mol. The molecule has 38 heavy (non-hydrogen) atoms. The van der Waals surface area contributed by atoms with Crippen LogP contribution in [0.15, 0.2) is 36.4 Å². The fraction of sp³-hybridized carbons (Fsp3) is 0.483. The number of benzene rings is 2. The second-order valence-corrected chi connectivity index (χ2v) is 11.2. The number of nitrogens with one attached hydrogen (secondary N) is 2. The Bertz CT molecular complexity index is 1140. The highest BCUT2D eigenvalue weighted by Crippen LogP contribution is 2.34. The topological polar surface area (TPSA) is 108 Å². The van der Waals surface area contributed by atoms with Gasteiger partial charge in [0.15, 0.2) is 0 Å². The standard InChI is InChI=1S/C29H40ClN3O5/c1-9-33(27(36)22(16-17(2)3)31-28(37)38-29(6,7)8)24(20-14-10-13-19(5)25(20)34)26(35)32-23-18(4)12-11-15-21(23)30/h10-15,17,22,24,34H,9,16H2,1-8H3,(H,31,37)(H,32,35). The lowest BCUT2D eigenvalue weighted by Crippen LogP contribution is -2.52. The molecule has 0 aliphatic carbocycles. The number of phenols is 1. The first kappa shape index (κ1) is 31.0. The van der Waals surface area contributed by atoms with Crippen LogP contribution in [0.3, 0.4) is 0 Å². The average Bonchev–Trinajstić information content (AvgIpc) is 2.79. The number of ether oxygens (including phenoxy) is 1. The number of likely N-dealkylation sites (N-methyl/N-ethyl adjacent to an activating group) is 1. The zero-order chi connectivity index (χ0) is 28.8. The fourth-order valence-electron chi connectivity index (χ4n) is 4.14. The van der Waals surface area contributed by atoms with Crippen molar-refractivity contribution in [2.24, 2.45) is 5.92 Å². The molecule has 2 atom stereocenters. The molecule has 0 aliphatic heterocycles. The predicted octanol–water partition coefficient (Wildman–Crippen LogP) is 6.13. The van der Waals surface area contributed by atoms with Crippen molar-refractivity contribution in [1.29, 1.82) is 0 Å². The Hall–Kier alpha value is -3.26. The van der Waals surface area contributed by atoms with Gasteiger partial charge in [0.25, 0.3) is 5.91 Å². The molecule has 3 N–H and O–H groups in total. The van der Waals surface area contributed by atoms with Gasteiger partial charge in [0, 0.05) is 12.1 Å². The normalized spacial score (nSPS) is 13.0. The number of carbonyl (C=O) groups excluding carboxylic acids is 3. The summed E-state index contributed by atoms with van der Waals surface area (Å²) in [4.78, 5) is 41.8. The van der Waals surface area contributed by atoms with E-state index in [-0.39, 0.29) is 23.8 Å². The van der Waals surface area contributed by atoms with Gasteiger partial charge in [-0.3, -0.25) is 9.59 Å². The van der Waals surface area contributed by atoms with E-state index in [2.05, 4.69) is 10.6 Å². The molecule has 0 spiro atoms. The van der Waals surface area contributed by atoms with Crippen molar-refractivity contribution < 1.29 is 24.2 Å². The maximum atomic E-state index is 14.0. The molecule has 208 valence electrons. The highest BCUT2D eigenvalue weighted by molar-refractivity contribution is 6.34. The molecule has 2 aromatic carbocycles. The van der Waals surface area contributed by atoms with Crippen LogP contribution in [-0.2, 0) is 14.3 Å². The number of nitrogens with zero attached hydrogens (tertiary/aromatic N) is 1. The third-order valence-electron chi connectivity index (χ3n) is 5.91. The zero-order valence-electron chi connectivity index (χ0n) is 23.5. The molecule has 0 radical (unpaired) electrons. The van der Waals surface area contributed by atoms with E-state index >= 15 is 0 Å². The van der Waals surface area contributed by atoms with Gasteiger partial charge < -0.3 is 25.4 Å². The Kier molecular flexibility index (Phi) is 10.6. The zero-order valence-corrected chi connectivity index (χ0v) is 24.3. The molecule has 2 rings (SSSR count). The monoisotopic (exact) mass is 545 g/mol. The van der Waals surface area contributed by atoms with E-state index in [1.54, 1.807) is 65.0 Å². The second-order valence-electron chi connectivity index (χ2n) is 10.8. The Morgan fingerprint density at radius 2 is 1.66 bits per heavy atom. The van der Waals surface area contributed by atoms with E-state index in [4.69, 9.17) is 16.3 Å². The minimum absolute atomic E-state index is 0.0583. The van der Waals surface area contributed by atoms with Crippen molar-refractivity contribution in [1.82, 2.24) is 10.2 Å². The molecule has 2 unspecified atom stereocenters. The van der Waals surface area contributed by atoms with Crippen LogP contribution in [0.4, 0.5) is 10.5 Å². The van der Waals surface area contributed by atoms with Crippen LogP contribution in [0, 0.1) is 19.8 Å². The SMILES string of the molecule is CCN(C(=O)C(CC(C)C)NC(=O)OC(C)(C)C)C(C(=O)Nc1c(C)cccc1Cl)c1cccc(C)c1O. The summed E-state index contributed by atoms with van der Waals surface area (Å²) < 4.78 is 5.39. The van der Waals surface area contributed by atoms with Crippen molar-refractivity contribution in [2.75, 3.05) is 11.9 Å². The highest BCUT2D eigenvalue weighted by atomic mass is 35.5. The largest absolute Gasteiger partial charge is 0.507 e. The number of hydrogen-bond acceptors (Lipinski definition) is 5. The van der Waals surface area contributed by atoms with Crippen molar-refractivity contribution in [3.63, 3.8) is 0 Å². The third kappa shape index (κ3) is 8.12. The molecule has 9 heteroatoms. The lowest BCUT2D eigenvalue weighted by molar-refractivity contribution is -0.140. The van der Waals surface area contributed by atoms with Gasteiger partial charge in [0.2, 0.25) is 5.91 Å². The molecule has 0 aliphatic rings. The van der Waals surface area contributed by atoms with E-state index in [9.17, 15) is 19.5 Å². The van der Waals surface area contributed by atoms with Gasteiger partial charge in [-0.05, 0) is 71.1 Å². The molecule has 0 saturated heterocycles. The van der Waals surface area contributed by atoms with Crippen LogP contribution in [0.1, 0.15) is 70.7 Å². The van der Waals surface area contributed by atoms with Gasteiger partial charge in [-0.1, -0.05) is 55.8 Å². The lowest BCUT2D eigenvalue weighted by atomic mass is 9.97. The van der Waals surface area contributed by atoms with Gasteiger partial charge in [0.05, 0.1) is 10.7 Å². The quantitative estimate of drug-likeness (QED) is 0.351. The van der Waals surface area contributed by atoms with E-state index in [1.165, 1.54) is 4.90 Å². The summed E-state index contributed by atoms with van der Waals surface area (Å²) in [5, 5.41) is 16.8. The van der Waals surface area contributed by atoms with E-state index in [1.807, 2.05) is 26.8 Å². The third-order valence-corrected chi connectivity index (χ3v) is 6.23. The Morgan fingerprint density at radius 3 is 2.21 bits per heavy atom. The van der Waals surface area contributed by atoms with Crippen LogP contribution in [0.5, 0.6) is 5.75 Å². The lowest BCUT2D eigenvalue weighted by Gasteiger charge is -2.34.